The molecule has 29 heavy (non-hydrogen) atoms. The van der Waals surface area contributed by atoms with Crippen molar-refractivity contribution >= 4 is 79.6 Å². The van der Waals surface area contributed by atoms with Gasteiger partial charge < -0.3 is 20.6 Å². The maximum atomic E-state index is 12.8. The molecule has 0 aliphatic rings. The normalized spacial score (nSPS) is 13.0. The number of halogens is 3. The molecule has 0 saturated heterocycles. The van der Waals surface area contributed by atoms with Crippen LogP contribution in [0.2, 0.25) is 0 Å². The largest absolute Gasteiger partial charge is 0.508 e. The van der Waals surface area contributed by atoms with E-state index in [2.05, 4.69) is 73.1 Å². The van der Waals surface area contributed by atoms with Gasteiger partial charge in [-0.3, -0.25) is 4.79 Å². The number of phenols is 2. The number of nitrogens with one attached hydrogen (secondary N) is 1. The number of amides is 1. The minimum Gasteiger partial charge on any atom is -0.508 e. The van der Waals surface area contributed by atoms with Gasteiger partial charge in [0.25, 0.3) is 0 Å². The van der Waals surface area contributed by atoms with Crippen LogP contribution in [0.15, 0.2) is 30.3 Å². The van der Waals surface area contributed by atoms with Crippen LogP contribution in [0.25, 0.3) is 0 Å². The molecule has 9 heteroatoms. The summed E-state index contributed by atoms with van der Waals surface area (Å²) in [5.41, 5.74) is 1.59. The highest BCUT2D eigenvalue weighted by Crippen LogP contribution is 2.34. The van der Waals surface area contributed by atoms with E-state index in [1.807, 2.05) is 13.0 Å². The van der Waals surface area contributed by atoms with Gasteiger partial charge in [0.1, 0.15) is 17.5 Å². The fourth-order valence-corrected chi connectivity index (χ4v) is 6.64. The van der Waals surface area contributed by atoms with Gasteiger partial charge in [-0.15, -0.1) is 0 Å². The van der Waals surface area contributed by atoms with E-state index in [1.165, 1.54) is 12.1 Å². The van der Waals surface area contributed by atoms with E-state index in [0.29, 0.717) is 22.0 Å². The van der Waals surface area contributed by atoms with Gasteiger partial charge in [-0.05, 0) is 110 Å². The second-order valence-corrected chi connectivity index (χ2v) is 9.96. The summed E-state index contributed by atoms with van der Waals surface area (Å²) in [6, 6.07) is 7.03. The van der Waals surface area contributed by atoms with Gasteiger partial charge in [0.05, 0.1) is 7.14 Å². The molecule has 0 bridgehead atoms. The molecule has 156 valence electrons. The Hall–Kier alpha value is -0.830. The number of carboxylic acid groups (broad SMARTS) is 1. The first-order valence-corrected chi connectivity index (χ1v) is 12.0. The third kappa shape index (κ3) is 6.57. The van der Waals surface area contributed by atoms with Crippen molar-refractivity contribution in [3.05, 3.63) is 52.2 Å². The molecular formula is C20H20I3NO5. The molecule has 2 atom stereocenters. The second-order valence-electron chi connectivity index (χ2n) is 6.56. The first-order chi connectivity index (χ1) is 13.6. The SMILES string of the molecule is CCC(Cc1c(I)cc(I)c(O)c1I)C(=O)N[C@@H](Cc1ccc(O)cc1)C(=O)O. The molecule has 0 aliphatic carbocycles. The Bertz CT molecular complexity index is 902. The third-order valence-electron chi connectivity index (χ3n) is 4.55. The maximum Gasteiger partial charge on any atom is 0.326 e. The lowest BCUT2D eigenvalue weighted by molar-refractivity contribution is -0.142. The number of carbonyl (C=O) groups is 2. The van der Waals surface area contributed by atoms with E-state index in [0.717, 1.165) is 12.7 Å². The molecule has 0 radical (unpaired) electrons. The highest BCUT2D eigenvalue weighted by atomic mass is 127. The van der Waals surface area contributed by atoms with Crippen molar-refractivity contribution in [2.75, 3.05) is 0 Å². The van der Waals surface area contributed by atoms with E-state index in [9.17, 15) is 24.9 Å². The molecule has 0 spiro atoms. The third-order valence-corrected chi connectivity index (χ3v) is 7.49. The van der Waals surface area contributed by atoms with Crippen molar-refractivity contribution in [3.8, 4) is 11.5 Å². The number of carboxylic acids is 1. The zero-order valence-electron chi connectivity index (χ0n) is 15.5. The number of benzene rings is 2. The lowest BCUT2D eigenvalue weighted by atomic mass is 9.95. The zero-order valence-corrected chi connectivity index (χ0v) is 21.9. The van der Waals surface area contributed by atoms with Gasteiger partial charge in [-0.2, -0.15) is 0 Å². The monoisotopic (exact) mass is 735 g/mol. The molecule has 6 nitrogen and oxygen atoms in total. The summed E-state index contributed by atoms with van der Waals surface area (Å²) in [5.74, 6) is -1.56. The molecule has 4 N–H and O–H groups in total. The molecule has 2 aromatic carbocycles. The van der Waals surface area contributed by atoms with Crippen molar-refractivity contribution in [3.63, 3.8) is 0 Å². The highest BCUT2D eigenvalue weighted by Gasteiger charge is 2.26. The Balaban J connectivity index is 2.16. The standard InChI is InChI=1S/C20H20I3NO5/c1-2-11(8-13-14(21)9-15(22)18(26)17(13)23)19(27)24-16(20(28)29)7-10-3-5-12(25)6-4-10/h3-6,9,11,16,25-26H,2,7-8H2,1H3,(H,24,27)(H,28,29)/t11?,16-/m0/s1. The van der Waals surface area contributed by atoms with Crippen molar-refractivity contribution in [2.24, 2.45) is 5.92 Å². The van der Waals surface area contributed by atoms with Crippen LogP contribution in [0.1, 0.15) is 24.5 Å². The van der Waals surface area contributed by atoms with Crippen LogP contribution in [-0.2, 0) is 22.4 Å². The first-order valence-electron chi connectivity index (χ1n) is 8.80. The molecule has 1 amide bonds. The van der Waals surface area contributed by atoms with Crippen LogP contribution >= 0.6 is 67.8 Å². The molecule has 2 rings (SSSR count). The average Bonchev–Trinajstić information content (AvgIpc) is 2.67. The van der Waals surface area contributed by atoms with Gasteiger partial charge >= 0.3 is 5.97 Å². The second kappa shape index (κ2) is 11.0. The quantitative estimate of drug-likeness (QED) is 0.303. The summed E-state index contributed by atoms with van der Waals surface area (Å²) in [4.78, 5) is 24.5. The highest BCUT2D eigenvalue weighted by molar-refractivity contribution is 14.1. The maximum absolute atomic E-state index is 12.8. The topological polar surface area (TPSA) is 107 Å². The van der Waals surface area contributed by atoms with Crippen LogP contribution in [-0.4, -0.2) is 33.2 Å². The summed E-state index contributed by atoms with van der Waals surface area (Å²) < 4.78 is 2.42. The number of aromatic hydroxyl groups is 2. The lowest BCUT2D eigenvalue weighted by Crippen LogP contribution is -2.45. The smallest absolute Gasteiger partial charge is 0.326 e. The predicted molar refractivity (Wildman–Crippen MR) is 135 cm³/mol. The molecule has 0 saturated carbocycles. The van der Waals surface area contributed by atoms with Crippen molar-refractivity contribution in [1.82, 2.24) is 5.32 Å². The summed E-state index contributed by atoms with van der Waals surface area (Å²) in [5, 5.41) is 31.8. The van der Waals surface area contributed by atoms with Crippen molar-refractivity contribution < 1.29 is 24.9 Å². The van der Waals surface area contributed by atoms with E-state index in [4.69, 9.17) is 0 Å². The van der Waals surface area contributed by atoms with E-state index in [1.54, 1.807) is 12.1 Å². The van der Waals surface area contributed by atoms with Crippen LogP contribution in [0, 0.1) is 16.6 Å². The fourth-order valence-electron chi connectivity index (χ4n) is 2.83. The molecule has 0 fully saturated rings. The van der Waals surface area contributed by atoms with E-state index in [-0.39, 0.29) is 23.8 Å². The van der Waals surface area contributed by atoms with Gasteiger partial charge in [-0.25, -0.2) is 4.79 Å². The van der Waals surface area contributed by atoms with Crippen LogP contribution < -0.4 is 5.32 Å². The van der Waals surface area contributed by atoms with Gasteiger partial charge in [-0.1, -0.05) is 19.1 Å². The van der Waals surface area contributed by atoms with Crippen LogP contribution in [0.3, 0.4) is 0 Å². The molecule has 1 unspecified atom stereocenters. The Labute approximate surface area is 209 Å². The molecular weight excluding hydrogens is 715 g/mol. The molecule has 0 aromatic heterocycles. The van der Waals surface area contributed by atoms with Crippen LogP contribution in [0.5, 0.6) is 11.5 Å². The summed E-state index contributed by atoms with van der Waals surface area (Å²) in [7, 11) is 0. The summed E-state index contributed by atoms with van der Waals surface area (Å²) in [6.07, 6.45) is 1.07. The Morgan fingerprint density at radius 3 is 2.21 bits per heavy atom. The first kappa shape index (κ1) is 24.4. The fraction of sp³-hybridized carbons (Fsp3) is 0.300. The molecule has 0 aliphatic heterocycles. The number of hydrogen-bond donors (Lipinski definition) is 4. The number of phenolic OH excluding ortho intramolecular Hbond substituents is 2. The van der Waals surface area contributed by atoms with Crippen LogP contribution in [0.4, 0.5) is 0 Å². The van der Waals surface area contributed by atoms with E-state index < -0.39 is 17.9 Å². The summed E-state index contributed by atoms with van der Waals surface area (Å²) >= 11 is 6.33. The average molecular weight is 735 g/mol. The minimum absolute atomic E-state index is 0.0979. The van der Waals surface area contributed by atoms with Crippen molar-refractivity contribution in [1.29, 1.82) is 0 Å². The Morgan fingerprint density at radius 2 is 1.66 bits per heavy atom. The van der Waals surface area contributed by atoms with Gasteiger partial charge in [0, 0.05) is 15.9 Å². The lowest BCUT2D eigenvalue weighted by Gasteiger charge is -2.21. The van der Waals surface area contributed by atoms with E-state index >= 15 is 0 Å². The molecule has 0 heterocycles. The summed E-state index contributed by atoms with van der Waals surface area (Å²) in [6.45, 7) is 1.88. The number of hydrogen-bond acceptors (Lipinski definition) is 4. The number of carbonyl (C=O) groups excluding carboxylic acids is 1. The number of aliphatic carboxylic acids is 1. The number of rotatable bonds is 8. The van der Waals surface area contributed by atoms with Gasteiger partial charge in [0.2, 0.25) is 5.91 Å². The zero-order chi connectivity index (χ0) is 21.7. The minimum atomic E-state index is -1.11. The Morgan fingerprint density at radius 1 is 1.03 bits per heavy atom. The molecule has 2 aromatic rings. The predicted octanol–water partition coefficient (Wildman–Crippen LogP) is 4.29. The van der Waals surface area contributed by atoms with Gasteiger partial charge in [0.15, 0.2) is 0 Å². The Kier molecular flexibility index (Phi) is 9.25. The van der Waals surface area contributed by atoms with Crippen molar-refractivity contribution in [2.45, 2.75) is 32.2 Å².